The maximum absolute atomic E-state index is 14.0. The van der Waals surface area contributed by atoms with Crippen molar-refractivity contribution in [1.82, 2.24) is 20.1 Å². The Kier molecular flexibility index (Phi) is 9.06. The number of Topliss-reactive ketones (excluding diaryl/α,β-unsaturated/α-hetero) is 1. The number of piperazine rings is 1. The summed E-state index contributed by atoms with van der Waals surface area (Å²) < 4.78 is 6.01. The molecule has 1 aromatic heterocycles. The van der Waals surface area contributed by atoms with Crippen molar-refractivity contribution in [2.45, 2.75) is 70.7 Å². The predicted molar refractivity (Wildman–Crippen MR) is 173 cm³/mol. The van der Waals surface area contributed by atoms with Gasteiger partial charge in [0.1, 0.15) is 12.6 Å². The first-order chi connectivity index (χ1) is 21.3. The molecule has 1 saturated carbocycles. The number of hydrogen-bond donors (Lipinski definition) is 1. The fourth-order valence-corrected chi connectivity index (χ4v) is 8.60. The molecule has 10 heteroatoms. The average Bonchev–Trinajstić information content (AvgIpc) is 3.75. The van der Waals surface area contributed by atoms with Crippen LogP contribution in [0.2, 0.25) is 0 Å². The van der Waals surface area contributed by atoms with Crippen LogP contribution in [0.5, 0.6) is 0 Å². The van der Waals surface area contributed by atoms with Gasteiger partial charge in [-0.15, -0.1) is 11.3 Å². The summed E-state index contributed by atoms with van der Waals surface area (Å²) in [6.45, 7) is 10.6. The highest BCUT2D eigenvalue weighted by Gasteiger charge is 2.59. The number of thiazole rings is 1. The molecule has 44 heavy (non-hydrogen) atoms. The van der Waals surface area contributed by atoms with Crippen LogP contribution < -0.4 is 10.2 Å². The molecule has 0 spiro atoms. The van der Waals surface area contributed by atoms with Crippen molar-refractivity contribution < 1.29 is 19.1 Å². The van der Waals surface area contributed by atoms with E-state index < -0.39 is 11.7 Å². The van der Waals surface area contributed by atoms with Gasteiger partial charge in [-0.1, -0.05) is 43.0 Å². The first kappa shape index (κ1) is 31.1. The van der Waals surface area contributed by atoms with E-state index in [4.69, 9.17) is 9.72 Å². The normalized spacial score (nSPS) is 26.9. The molecule has 3 aliphatic heterocycles. The second kappa shape index (κ2) is 12.8. The summed E-state index contributed by atoms with van der Waals surface area (Å²) in [4.78, 5) is 53.3. The second-order valence-electron chi connectivity index (χ2n) is 13.0. The standard InChI is InChI=1S/C34H45N5O4S/c1-5-22(2)27-19-39(30-28(41)20-43-31(27)30)34(21-40,26-9-7-6-8-10-26)36-32(42)25-13-11-24(12-14-25)29-23(3)44-33(35-29)38-17-15-37(4)16-18-38/h5,11-14,21,26-27,30-31H,6-10,15-20H2,1-4H3,(H,36,42). The first-order valence-corrected chi connectivity index (χ1v) is 16.9. The Morgan fingerprint density at radius 3 is 2.48 bits per heavy atom. The molecule has 4 atom stereocenters. The number of nitrogens with zero attached hydrogens (tertiary/aromatic N) is 4. The molecule has 6 rings (SSSR count). The molecule has 4 aliphatic rings. The number of anilines is 1. The Morgan fingerprint density at radius 2 is 1.82 bits per heavy atom. The zero-order valence-corrected chi connectivity index (χ0v) is 27.2. The van der Waals surface area contributed by atoms with Crippen molar-refractivity contribution in [2.24, 2.45) is 11.8 Å². The van der Waals surface area contributed by atoms with E-state index in [1.165, 1.54) is 0 Å². The lowest BCUT2D eigenvalue weighted by molar-refractivity contribution is -0.133. The van der Waals surface area contributed by atoms with Crippen molar-refractivity contribution in [2.75, 3.05) is 51.3 Å². The van der Waals surface area contributed by atoms with Gasteiger partial charge in [-0.2, -0.15) is 0 Å². The van der Waals surface area contributed by atoms with Gasteiger partial charge in [0.15, 0.2) is 22.9 Å². The molecule has 1 aromatic carbocycles. The monoisotopic (exact) mass is 619 g/mol. The van der Waals surface area contributed by atoms with Crippen LogP contribution in [-0.2, 0) is 14.3 Å². The number of aryl methyl sites for hydroxylation is 1. The number of rotatable bonds is 8. The van der Waals surface area contributed by atoms with Crippen molar-refractivity contribution in [3.8, 4) is 11.3 Å². The Labute approximate surface area is 264 Å². The number of carbonyl (C=O) groups is 3. The van der Waals surface area contributed by atoms with Gasteiger partial charge in [0.2, 0.25) is 0 Å². The van der Waals surface area contributed by atoms with E-state index in [-0.39, 0.29) is 36.2 Å². The summed E-state index contributed by atoms with van der Waals surface area (Å²) in [5, 5.41) is 4.25. The molecule has 1 N–H and O–H groups in total. The van der Waals surface area contributed by atoms with Gasteiger partial charge in [0, 0.05) is 60.6 Å². The van der Waals surface area contributed by atoms with Crippen molar-refractivity contribution >= 4 is 34.4 Å². The van der Waals surface area contributed by atoms with E-state index >= 15 is 0 Å². The number of aromatic nitrogens is 1. The van der Waals surface area contributed by atoms with Crippen molar-refractivity contribution in [3.63, 3.8) is 0 Å². The predicted octanol–water partition coefficient (Wildman–Crippen LogP) is 4.31. The Hall–Kier alpha value is -2.92. The lowest BCUT2D eigenvalue weighted by Crippen LogP contribution is -2.68. The Bertz CT molecular complexity index is 1410. The van der Waals surface area contributed by atoms with Crippen LogP contribution in [0, 0.1) is 18.8 Å². The largest absolute Gasteiger partial charge is 0.368 e. The zero-order chi connectivity index (χ0) is 31.0. The Balaban J connectivity index is 1.26. The quantitative estimate of drug-likeness (QED) is 0.345. The number of likely N-dealkylation sites (tertiary alicyclic amines) is 1. The number of allylic oxidation sites excluding steroid dienone is 1. The van der Waals surface area contributed by atoms with Gasteiger partial charge in [0.25, 0.3) is 5.91 Å². The van der Waals surface area contributed by atoms with Crippen LogP contribution in [-0.4, -0.2) is 96.9 Å². The topological polar surface area (TPSA) is 95.1 Å². The van der Waals surface area contributed by atoms with Gasteiger partial charge in [-0.05, 0) is 52.8 Å². The van der Waals surface area contributed by atoms with Gasteiger partial charge in [0.05, 0.1) is 11.8 Å². The molecule has 9 nitrogen and oxygen atoms in total. The summed E-state index contributed by atoms with van der Waals surface area (Å²) in [6, 6.07) is 6.98. The van der Waals surface area contributed by atoms with Crippen LogP contribution in [0.25, 0.3) is 11.3 Å². The number of ether oxygens (including phenoxy) is 1. The molecule has 1 aliphatic carbocycles. The molecule has 1 amide bonds. The maximum Gasteiger partial charge on any atom is 0.253 e. The molecule has 3 saturated heterocycles. The third-order valence-electron chi connectivity index (χ3n) is 10.4. The van der Waals surface area contributed by atoms with Crippen LogP contribution in [0.15, 0.2) is 35.9 Å². The zero-order valence-electron chi connectivity index (χ0n) is 26.4. The number of amides is 1. The van der Waals surface area contributed by atoms with Gasteiger partial charge < -0.3 is 19.9 Å². The lowest BCUT2D eigenvalue weighted by atomic mass is 9.78. The van der Waals surface area contributed by atoms with Gasteiger partial charge in [-0.25, -0.2) is 4.98 Å². The molecule has 4 unspecified atom stereocenters. The summed E-state index contributed by atoms with van der Waals surface area (Å²) in [5.74, 6) is -0.415. The highest BCUT2D eigenvalue weighted by atomic mass is 32.1. The van der Waals surface area contributed by atoms with E-state index in [2.05, 4.69) is 42.1 Å². The molecule has 0 radical (unpaired) electrons. The number of fused-ring (bicyclic) bond motifs is 1. The van der Waals surface area contributed by atoms with Crippen LogP contribution in [0.1, 0.15) is 61.2 Å². The molecule has 236 valence electrons. The minimum Gasteiger partial charge on any atom is -0.368 e. The number of benzene rings is 1. The Morgan fingerprint density at radius 1 is 1.11 bits per heavy atom. The fourth-order valence-electron chi connectivity index (χ4n) is 7.61. The van der Waals surface area contributed by atoms with E-state index in [0.29, 0.717) is 12.1 Å². The highest BCUT2D eigenvalue weighted by molar-refractivity contribution is 7.16. The molecule has 0 bridgehead atoms. The molecule has 2 aromatic rings. The number of nitrogens with one attached hydrogen (secondary N) is 1. The first-order valence-electron chi connectivity index (χ1n) is 16.1. The summed E-state index contributed by atoms with van der Waals surface area (Å²) in [6.07, 6.45) is 7.41. The maximum atomic E-state index is 14.0. The van der Waals surface area contributed by atoms with Crippen molar-refractivity contribution in [3.05, 3.63) is 46.4 Å². The summed E-state index contributed by atoms with van der Waals surface area (Å²) >= 11 is 1.71. The molecular weight excluding hydrogens is 574 g/mol. The van der Waals surface area contributed by atoms with E-state index in [1.807, 2.05) is 36.1 Å². The number of ketones is 1. The number of carbonyl (C=O) groups excluding carboxylic acids is 3. The van der Waals surface area contributed by atoms with Crippen LogP contribution in [0.4, 0.5) is 5.13 Å². The van der Waals surface area contributed by atoms with E-state index in [1.54, 1.807) is 11.3 Å². The smallest absolute Gasteiger partial charge is 0.253 e. The van der Waals surface area contributed by atoms with Gasteiger partial charge in [-0.3, -0.25) is 19.3 Å². The van der Waals surface area contributed by atoms with Crippen LogP contribution >= 0.6 is 11.3 Å². The third-order valence-corrected chi connectivity index (χ3v) is 11.4. The number of hydrogen-bond acceptors (Lipinski definition) is 9. The molecular formula is C34H45N5O4S. The summed E-state index contributed by atoms with van der Waals surface area (Å²) in [7, 11) is 2.15. The minimum atomic E-state index is -1.28. The van der Waals surface area contributed by atoms with E-state index in [9.17, 15) is 14.4 Å². The number of aldehydes is 1. The lowest BCUT2D eigenvalue weighted by Gasteiger charge is -2.47. The molecule has 4 fully saturated rings. The van der Waals surface area contributed by atoms with Gasteiger partial charge >= 0.3 is 0 Å². The average molecular weight is 620 g/mol. The fraction of sp³-hybridized carbons (Fsp3) is 0.588. The molecule has 4 heterocycles. The van der Waals surface area contributed by atoms with Crippen molar-refractivity contribution in [1.29, 1.82) is 0 Å². The minimum absolute atomic E-state index is 0.00682. The highest BCUT2D eigenvalue weighted by Crippen LogP contribution is 2.44. The number of likely N-dealkylation sites (N-methyl/N-ethyl adjacent to an activating group) is 1. The SMILES string of the molecule is CC=C(C)C1CN(C(C=O)(NC(=O)c2ccc(-c3nc(N4CCN(C)CC4)sc3C)cc2)C2CCCCC2)C2C(=O)COC12. The van der Waals surface area contributed by atoms with E-state index in [0.717, 1.165) is 91.4 Å². The second-order valence-corrected chi connectivity index (χ2v) is 14.2. The summed E-state index contributed by atoms with van der Waals surface area (Å²) in [5.41, 5.74) is 2.23. The third kappa shape index (κ3) is 5.66. The van der Waals surface area contributed by atoms with Crippen LogP contribution in [0.3, 0.4) is 0 Å².